The van der Waals surface area contributed by atoms with Crippen LogP contribution in [0.1, 0.15) is 33.6 Å². The quantitative estimate of drug-likeness (QED) is 0.574. The van der Waals surface area contributed by atoms with Crippen LogP contribution in [0.25, 0.3) is 0 Å². The Morgan fingerprint density at radius 1 is 1.23 bits per heavy atom. The maximum absolute atomic E-state index is 13.0. The molecule has 0 fully saturated rings. The standard InChI is InChI=1S/C10H19FO2/c1-5-7-12-10(4,9(3)11)13-8-6-2/h3,5-8H2,1-2,4H3. The maximum atomic E-state index is 13.0. The summed E-state index contributed by atoms with van der Waals surface area (Å²) in [4.78, 5) is 0. The minimum Gasteiger partial charge on any atom is -0.344 e. The van der Waals surface area contributed by atoms with Crippen LogP contribution in [0.15, 0.2) is 12.4 Å². The number of halogens is 1. The van der Waals surface area contributed by atoms with Gasteiger partial charge >= 0.3 is 0 Å². The molecule has 0 saturated heterocycles. The van der Waals surface area contributed by atoms with Crippen molar-refractivity contribution in [2.24, 2.45) is 0 Å². The van der Waals surface area contributed by atoms with E-state index in [1.54, 1.807) is 6.92 Å². The molecule has 0 aliphatic carbocycles. The fourth-order valence-electron chi connectivity index (χ4n) is 0.792. The van der Waals surface area contributed by atoms with E-state index in [4.69, 9.17) is 9.47 Å². The van der Waals surface area contributed by atoms with Crippen molar-refractivity contribution in [2.45, 2.75) is 39.4 Å². The van der Waals surface area contributed by atoms with E-state index in [-0.39, 0.29) is 0 Å². The lowest BCUT2D eigenvalue weighted by molar-refractivity contribution is -0.209. The molecule has 0 rings (SSSR count). The van der Waals surface area contributed by atoms with Gasteiger partial charge in [-0.15, -0.1) is 0 Å². The summed E-state index contributed by atoms with van der Waals surface area (Å²) in [6, 6.07) is 0. The number of ether oxygens (including phenoxy) is 2. The minimum absolute atomic E-state index is 0.475. The molecule has 0 aromatic rings. The lowest BCUT2D eigenvalue weighted by atomic mass is 10.3. The molecule has 0 bridgehead atoms. The van der Waals surface area contributed by atoms with Crippen LogP contribution in [0.2, 0.25) is 0 Å². The largest absolute Gasteiger partial charge is 0.344 e. The van der Waals surface area contributed by atoms with E-state index < -0.39 is 11.6 Å². The maximum Gasteiger partial charge on any atom is 0.218 e. The second-order valence-corrected chi connectivity index (χ2v) is 3.05. The molecule has 0 aliphatic rings. The van der Waals surface area contributed by atoms with Crippen molar-refractivity contribution in [1.29, 1.82) is 0 Å². The van der Waals surface area contributed by atoms with E-state index in [0.29, 0.717) is 13.2 Å². The highest BCUT2D eigenvalue weighted by Crippen LogP contribution is 2.23. The van der Waals surface area contributed by atoms with Crippen molar-refractivity contribution in [3.8, 4) is 0 Å². The van der Waals surface area contributed by atoms with Crippen LogP contribution in [0.5, 0.6) is 0 Å². The second kappa shape index (κ2) is 6.11. The van der Waals surface area contributed by atoms with E-state index in [2.05, 4.69) is 6.58 Å². The molecule has 13 heavy (non-hydrogen) atoms. The zero-order chi connectivity index (χ0) is 10.3. The van der Waals surface area contributed by atoms with Crippen molar-refractivity contribution < 1.29 is 13.9 Å². The Morgan fingerprint density at radius 3 is 1.85 bits per heavy atom. The van der Waals surface area contributed by atoms with E-state index in [1.165, 1.54) is 0 Å². The van der Waals surface area contributed by atoms with Gasteiger partial charge in [0.25, 0.3) is 0 Å². The fraction of sp³-hybridized carbons (Fsp3) is 0.800. The van der Waals surface area contributed by atoms with Gasteiger partial charge in [-0.2, -0.15) is 0 Å². The zero-order valence-electron chi connectivity index (χ0n) is 8.73. The van der Waals surface area contributed by atoms with Crippen LogP contribution in [-0.4, -0.2) is 19.0 Å². The third kappa shape index (κ3) is 4.39. The normalized spacial score (nSPS) is 11.7. The summed E-state index contributed by atoms with van der Waals surface area (Å²) in [7, 11) is 0. The third-order valence-electron chi connectivity index (χ3n) is 1.66. The highest BCUT2D eigenvalue weighted by Gasteiger charge is 2.29. The lowest BCUT2D eigenvalue weighted by Gasteiger charge is -2.27. The Bertz CT molecular complexity index is 149. The van der Waals surface area contributed by atoms with Gasteiger partial charge in [0, 0.05) is 0 Å². The van der Waals surface area contributed by atoms with Gasteiger partial charge in [-0.05, 0) is 19.8 Å². The SMILES string of the molecule is C=C(F)C(C)(OCCC)OCCC. The molecule has 0 radical (unpaired) electrons. The van der Waals surface area contributed by atoms with Gasteiger partial charge in [-0.25, -0.2) is 4.39 Å². The monoisotopic (exact) mass is 190 g/mol. The topological polar surface area (TPSA) is 18.5 Å². The Hall–Kier alpha value is -0.410. The molecular weight excluding hydrogens is 171 g/mol. The first-order valence-electron chi connectivity index (χ1n) is 4.69. The van der Waals surface area contributed by atoms with Crippen LogP contribution < -0.4 is 0 Å². The lowest BCUT2D eigenvalue weighted by Crippen LogP contribution is -2.33. The smallest absolute Gasteiger partial charge is 0.218 e. The van der Waals surface area contributed by atoms with Crippen LogP contribution in [0.4, 0.5) is 4.39 Å². The molecule has 0 N–H and O–H groups in total. The number of rotatable bonds is 7. The fourth-order valence-corrected chi connectivity index (χ4v) is 0.792. The van der Waals surface area contributed by atoms with Crippen molar-refractivity contribution >= 4 is 0 Å². The Morgan fingerprint density at radius 2 is 1.62 bits per heavy atom. The van der Waals surface area contributed by atoms with Gasteiger partial charge in [0.15, 0.2) is 5.83 Å². The summed E-state index contributed by atoms with van der Waals surface area (Å²) in [5, 5.41) is 0. The molecule has 78 valence electrons. The summed E-state index contributed by atoms with van der Waals surface area (Å²) in [5.41, 5.74) is 0. The molecule has 2 nitrogen and oxygen atoms in total. The molecule has 0 amide bonds. The molecular formula is C10H19FO2. The van der Waals surface area contributed by atoms with Gasteiger partial charge < -0.3 is 9.47 Å². The van der Waals surface area contributed by atoms with Gasteiger partial charge in [0.05, 0.1) is 13.2 Å². The van der Waals surface area contributed by atoms with Crippen molar-refractivity contribution in [3.05, 3.63) is 12.4 Å². The number of hydrogen-bond donors (Lipinski definition) is 0. The first-order valence-corrected chi connectivity index (χ1v) is 4.69. The van der Waals surface area contributed by atoms with Gasteiger partial charge in [0.2, 0.25) is 5.79 Å². The molecule has 0 saturated carbocycles. The van der Waals surface area contributed by atoms with E-state index >= 15 is 0 Å². The summed E-state index contributed by atoms with van der Waals surface area (Å²) in [5.74, 6) is -1.83. The van der Waals surface area contributed by atoms with Crippen molar-refractivity contribution in [2.75, 3.05) is 13.2 Å². The molecule has 0 heterocycles. The van der Waals surface area contributed by atoms with E-state index in [1.807, 2.05) is 13.8 Å². The van der Waals surface area contributed by atoms with Crippen LogP contribution in [0.3, 0.4) is 0 Å². The molecule has 0 aromatic heterocycles. The summed E-state index contributed by atoms with van der Waals surface area (Å²) in [6.07, 6.45) is 1.66. The predicted octanol–water partition coefficient (Wildman–Crippen LogP) is 3.04. The molecule has 3 heteroatoms. The van der Waals surface area contributed by atoms with Gasteiger partial charge in [0.1, 0.15) is 0 Å². The Balaban J connectivity index is 4.08. The minimum atomic E-state index is -1.26. The summed E-state index contributed by atoms with van der Waals surface area (Å²) < 4.78 is 23.4. The second-order valence-electron chi connectivity index (χ2n) is 3.05. The average Bonchev–Trinajstić information content (AvgIpc) is 2.11. The number of hydrogen-bond acceptors (Lipinski definition) is 2. The Kier molecular flexibility index (Phi) is 5.91. The molecule has 0 atom stereocenters. The highest BCUT2D eigenvalue weighted by molar-refractivity contribution is 4.96. The molecule has 0 aromatic carbocycles. The van der Waals surface area contributed by atoms with Crippen molar-refractivity contribution in [3.63, 3.8) is 0 Å². The molecule has 0 spiro atoms. The van der Waals surface area contributed by atoms with E-state index in [0.717, 1.165) is 12.8 Å². The Labute approximate surface area is 79.7 Å². The third-order valence-corrected chi connectivity index (χ3v) is 1.66. The first kappa shape index (κ1) is 12.6. The molecule has 0 aliphatic heterocycles. The van der Waals surface area contributed by atoms with E-state index in [9.17, 15) is 4.39 Å². The van der Waals surface area contributed by atoms with Crippen molar-refractivity contribution in [1.82, 2.24) is 0 Å². The van der Waals surface area contributed by atoms with Gasteiger partial charge in [-0.1, -0.05) is 20.4 Å². The van der Waals surface area contributed by atoms with Crippen LogP contribution >= 0.6 is 0 Å². The van der Waals surface area contributed by atoms with Crippen LogP contribution in [0, 0.1) is 0 Å². The summed E-state index contributed by atoms with van der Waals surface area (Å²) >= 11 is 0. The average molecular weight is 190 g/mol. The van der Waals surface area contributed by atoms with Crippen LogP contribution in [-0.2, 0) is 9.47 Å². The van der Waals surface area contributed by atoms with Gasteiger partial charge in [-0.3, -0.25) is 0 Å². The summed E-state index contributed by atoms with van der Waals surface area (Å²) in [6.45, 7) is 9.64. The predicted molar refractivity (Wildman–Crippen MR) is 51.1 cm³/mol. The highest BCUT2D eigenvalue weighted by atomic mass is 19.1. The first-order chi connectivity index (χ1) is 6.06. The molecule has 0 unspecified atom stereocenters. The zero-order valence-corrected chi connectivity index (χ0v) is 8.73.